The molecule has 0 aliphatic carbocycles. The Labute approximate surface area is 176 Å². The summed E-state index contributed by atoms with van der Waals surface area (Å²) in [6, 6.07) is 4.78. The van der Waals surface area contributed by atoms with Crippen molar-refractivity contribution in [2.24, 2.45) is 0 Å². The van der Waals surface area contributed by atoms with Gasteiger partial charge in [0, 0.05) is 30.7 Å². The van der Waals surface area contributed by atoms with Gasteiger partial charge in [-0.1, -0.05) is 0 Å². The van der Waals surface area contributed by atoms with Gasteiger partial charge >= 0.3 is 12.1 Å². The quantitative estimate of drug-likeness (QED) is 0.463. The Morgan fingerprint density at radius 1 is 1.28 bits per heavy atom. The van der Waals surface area contributed by atoms with E-state index in [0.29, 0.717) is 24.7 Å². The van der Waals surface area contributed by atoms with Gasteiger partial charge in [0.2, 0.25) is 0 Å². The third-order valence-corrected chi connectivity index (χ3v) is 4.13. The summed E-state index contributed by atoms with van der Waals surface area (Å²) in [7, 11) is 1.52. The van der Waals surface area contributed by atoms with Crippen LogP contribution >= 0.6 is 11.6 Å². The predicted octanol–water partition coefficient (Wildman–Crippen LogP) is 2.64. The molecule has 0 radical (unpaired) electrons. The van der Waals surface area contributed by atoms with E-state index in [1.807, 2.05) is 17.0 Å². The van der Waals surface area contributed by atoms with Crippen molar-refractivity contribution in [3.8, 4) is 5.75 Å². The number of ether oxygens (including phenoxy) is 2. The fraction of sp³-hybridized carbons (Fsp3) is 0.600. The number of hydrogen-bond acceptors (Lipinski definition) is 6. The number of methoxy groups -OCH3 is 1. The van der Waals surface area contributed by atoms with Crippen molar-refractivity contribution in [2.75, 3.05) is 37.6 Å². The van der Waals surface area contributed by atoms with Crippen LogP contribution < -0.4 is 15.0 Å². The van der Waals surface area contributed by atoms with Crippen LogP contribution in [0.25, 0.3) is 0 Å². The standard InChI is InChI=1S/C20H31ClN2O6/c1-20(2,3)29-19(27)22-15(13-18(25)26)11-14-12-16(5-6-17(14)28-4)23(8-7-21)9-10-24/h5-6,12,15,24H,7-11,13H2,1-4H3,(H,22,27)(H,25,26)/t15-/m0/s1. The van der Waals surface area contributed by atoms with Gasteiger partial charge in [-0.25, -0.2) is 4.79 Å². The number of anilines is 1. The zero-order valence-corrected chi connectivity index (χ0v) is 18.2. The van der Waals surface area contributed by atoms with Crippen LogP contribution in [0, 0.1) is 0 Å². The summed E-state index contributed by atoms with van der Waals surface area (Å²) in [6.07, 6.45) is -0.715. The number of carboxylic acids is 1. The number of carbonyl (C=O) groups excluding carboxylic acids is 1. The van der Waals surface area contributed by atoms with Gasteiger partial charge in [-0.05, 0) is 51.0 Å². The normalized spacial score (nSPS) is 12.2. The summed E-state index contributed by atoms with van der Waals surface area (Å²) in [5, 5.41) is 21.2. The van der Waals surface area contributed by atoms with Gasteiger partial charge in [-0.15, -0.1) is 11.6 Å². The first kappa shape index (κ1) is 24.8. The number of carbonyl (C=O) groups is 2. The van der Waals surface area contributed by atoms with Crippen molar-refractivity contribution in [1.82, 2.24) is 5.32 Å². The number of aliphatic carboxylic acids is 1. The van der Waals surface area contributed by atoms with E-state index in [4.69, 9.17) is 21.1 Å². The number of rotatable bonds is 11. The average molecular weight is 431 g/mol. The lowest BCUT2D eigenvalue weighted by molar-refractivity contribution is -0.137. The van der Waals surface area contributed by atoms with Crippen LogP contribution in [0.3, 0.4) is 0 Å². The molecule has 1 aromatic carbocycles. The van der Waals surface area contributed by atoms with E-state index in [0.717, 1.165) is 11.3 Å². The summed E-state index contributed by atoms with van der Waals surface area (Å²) >= 11 is 5.86. The van der Waals surface area contributed by atoms with Crippen LogP contribution in [0.15, 0.2) is 18.2 Å². The van der Waals surface area contributed by atoms with Gasteiger partial charge in [0.1, 0.15) is 11.4 Å². The van der Waals surface area contributed by atoms with Crippen molar-refractivity contribution in [1.29, 1.82) is 0 Å². The highest BCUT2D eigenvalue weighted by molar-refractivity contribution is 6.18. The maximum atomic E-state index is 12.1. The lowest BCUT2D eigenvalue weighted by Gasteiger charge is -2.26. The fourth-order valence-electron chi connectivity index (χ4n) is 2.84. The molecule has 0 saturated carbocycles. The molecule has 29 heavy (non-hydrogen) atoms. The Morgan fingerprint density at radius 3 is 2.48 bits per heavy atom. The van der Waals surface area contributed by atoms with Gasteiger partial charge < -0.3 is 29.9 Å². The lowest BCUT2D eigenvalue weighted by atomic mass is 10.0. The molecule has 9 heteroatoms. The van der Waals surface area contributed by atoms with E-state index in [-0.39, 0.29) is 19.4 Å². The van der Waals surface area contributed by atoms with Gasteiger partial charge in [-0.2, -0.15) is 0 Å². The minimum atomic E-state index is -1.04. The van der Waals surface area contributed by atoms with Crippen molar-refractivity contribution in [2.45, 2.75) is 45.3 Å². The van der Waals surface area contributed by atoms with Crippen LogP contribution in [0.4, 0.5) is 10.5 Å². The summed E-state index contributed by atoms with van der Waals surface area (Å²) in [5.41, 5.74) is 0.855. The van der Waals surface area contributed by atoms with E-state index in [2.05, 4.69) is 5.32 Å². The molecular weight excluding hydrogens is 400 g/mol. The molecule has 1 atom stereocenters. The predicted molar refractivity (Wildman–Crippen MR) is 112 cm³/mol. The van der Waals surface area contributed by atoms with Crippen molar-refractivity contribution in [3.63, 3.8) is 0 Å². The number of alkyl halides is 1. The van der Waals surface area contributed by atoms with Crippen molar-refractivity contribution >= 4 is 29.4 Å². The monoisotopic (exact) mass is 430 g/mol. The zero-order valence-electron chi connectivity index (χ0n) is 17.4. The Bertz CT molecular complexity index is 671. The molecule has 164 valence electrons. The number of benzene rings is 1. The Morgan fingerprint density at radius 2 is 1.97 bits per heavy atom. The van der Waals surface area contributed by atoms with Gasteiger partial charge in [0.05, 0.1) is 20.1 Å². The number of aliphatic hydroxyl groups is 1. The SMILES string of the molecule is COc1ccc(N(CCO)CCCl)cc1C[C@@H](CC(=O)O)NC(=O)OC(C)(C)C. The van der Waals surface area contributed by atoms with Gasteiger partial charge in [-0.3, -0.25) is 4.79 Å². The zero-order chi connectivity index (χ0) is 22.0. The number of amides is 1. The first-order valence-electron chi connectivity index (χ1n) is 9.39. The Kier molecular flexibility index (Phi) is 10.0. The number of hydrogen-bond donors (Lipinski definition) is 3. The second-order valence-corrected chi connectivity index (χ2v) is 7.92. The molecule has 0 heterocycles. The molecule has 3 N–H and O–H groups in total. The number of carboxylic acid groups (broad SMARTS) is 1. The molecule has 1 amide bonds. The molecule has 0 aliphatic heterocycles. The largest absolute Gasteiger partial charge is 0.496 e. The highest BCUT2D eigenvalue weighted by Gasteiger charge is 2.23. The number of halogens is 1. The molecule has 0 saturated heterocycles. The molecular formula is C20H31ClN2O6. The van der Waals surface area contributed by atoms with Gasteiger partial charge in [0.25, 0.3) is 0 Å². The summed E-state index contributed by atoms with van der Waals surface area (Å²) in [4.78, 5) is 25.3. The summed E-state index contributed by atoms with van der Waals surface area (Å²) in [6.45, 7) is 6.13. The van der Waals surface area contributed by atoms with E-state index in [1.54, 1.807) is 26.8 Å². The number of nitrogens with one attached hydrogen (secondary N) is 1. The van der Waals surface area contributed by atoms with Crippen molar-refractivity contribution < 1.29 is 29.3 Å². The summed E-state index contributed by atoms with van der Waals surface area (Å²) in [5.74, 6) is -0.0707. The molecule has 0 bridgehead atoms. The third kappa shape index (κ3) is 9.23. The van der Waals surface area contributed by atoms with Crippen LogP contribution in [0.1, 0.15) is 32.8 Å². The minimum absolute atomic E-state index is 0.0277. The molecule has 1 aromatic rings. The van der Waals surface area contributed by atoms with Crippen LogP contribution in [-0.2, 0) is 16.0 Å². The topological polar surface area (TPSA) is 108 Å². The minimum Gasteiger partial charge on any atom is -0.496 e. The molecule has 0 aromatic heterocycles. The van der Waals surface area contributed by atoms with Gasteiger partial charge in [0.15, 0.2) is 0 Å². The van der Waals surface area contributed by atoms with Crippen LogP contribution in [0.2, 0.25) is 0 Å². The van der Waals surface area contributed by atoms with E-state index in [9.17, 15) is 19.8 Å². The highest BCUT2D eigenvalue weighted by atomic mass is 35.5. The molecule has 0 fully saturated rings. The molecule has 8 nitrogen and oxygen atoms in total. The molecule has 0 spiro atoms. The average Bonchev–Trinajstić information content (AvgIpc) is 2.59. The molecule has 1 rings (SSSR count). The number of alkyl carbamates (subject to hydrolysis) is 1. The Balaban J connectivity index is 3.10. The maximum absolute atomic E-state index is 12.1. The third-order valence-electron chi connectivity index (χ3n) is 3.96. The van der Waals surface area contributed by atoms with E-state index in [1.165, 1.54) is 7.11 Å². The van der Waals surface area contributed by atoms with Crippen molar-refractivity contribution in [3.05, 3.63) is 23.8 Å². The van der Waals surface area contributed by atoms with Crippen LogP contribution in [-0.4, -0.2) is 66.6 Å². The maximum Gasteiger partial charge on any atom is 0.407 e. The smallest absolute Gasteiger partial charge is 0.407 e. The first-order chi connectivity index (χ1) is 13.6. The summed E-state index contributed by atoms with van der Waals surface area (Å²) < 4.78 is 10.7. The van der Waals surface area contributed by atoms with E-state index < -0.39 is 23.7 Å². The number of aliphatic hydroxyl groups excluding tert-OH is 1. The first-order valence-corrected chi connectivity index (χ1v) is 9.93. The lowest BCUT2D eigenvalue weighted by Crippen LogP contribution is -2.41. The molecule has 0 unspecified atom stereocenters. The van der Waals surface area contributed by atoms with Crippen LogP contribution in [0.5, 0.6) is 5.75 Å². The van der Waals surface area contributed by atoms with E-state index >= 15 is 0 Å². The fourth-order valence-corrected chi connectivity index (χ4v) is 3.04. The second-order valence-electron chi connectivity index (χ2n) is 7.54. The highest BCUT2D eigenvalue weighted by Crippen LogP contribution is 2.27. The Hall–Kier alpha value is -2.19. The molecule has 0 aliphatic rings. The number of nitrogens with zero attached hydrogens (tertiary/aromatic N) is 1. The second kappa shape index (κ2) is 11.7.